The summed E-state index contributed by atoms with van der Waals surface area (Å²) < 4.78 is 50.0. The molecule has 2 aliphatic heterocycles. The number of carbonyl (C=O) groups excluding carboxylic acids is 1. The van der Waals surface area contributed by atoms with Crippen molar-refractivity contribution in [3.63, 3.8) is 0 Å². The maximum absolute atomic E-state index is 13.0. The van der Waals surface area contributed by atoms with Gasteiger partial charge in [-0.25, -0.2) is 4.79 Å². The monoisotopic (exact) mass is 506 g/mol. The summed E-state index contributed by atoms with van der Waals surface area (Å²) in [6.45, 7) is 4.76. The lowest BCUT2D eigenvalue weighted by molar-refractivity contribution is -0.156. The van der Waals surface area contributed by atoms with Crippen molar-refractivity contribution in [2.24, 2.45) is 17.8 Å². The number of hydrogen-bond acceptors (Lipinski definition) is 6. The molecular formula is C25H29F3N4O4. The topological polar surface area (TPSA) is 87.2 Å². The predicted molar refractivity (Wildman–Crippen MR) is 127 cm³/mol. The summed E-state index contributed by atoms with van der Waals surface area (Å²) in [5.41, 5.74) is 3.22. The average molecular weight is 507 g/mol. The number of aryl methyl sites for hydroxylation is 1. The van der Waals surface area contributed by atoms with Gasteiger partial charge >= 0.3 is 12.2 Å². The Morgan fingerprint density at radius 2 is 1.92 bits per heavy atom. The van der Waals surface area contributed by atoms with E-state index in [1.54, 1.807) is 12.1 Å². The number of alkyl halides is 3. The molecule has 8 nitrogen and oxygen atoms in total. The minimum Gasteiger partial charge on any atom is -0.475 e. The first kappa shape index (κ1) is 24.6. The van der Waals surface area contributed by atoms with Crippen molar-refractivity contribution in [1.29, 1.82) is 0 Å². The Bertz CT molecular complexity index is 1110. The fourth-order valence-corrected chi connectivity index (χ4v) is 5.22. The van der Waals surface area contributed by atoms with E-state index in [4.69, 9.17) is 9.47 Å². The van der Waals surface area contributed by atoms with E-state index >= 15 is 0 Å². The van der Waals surface area contributed by atoms with E-state index in [9.17, 15) is 23.1 Å². The van der Waals surface area contributed by atoms with Crippen LogP contribution in [-0.4, -0.2) is 79.8 Å². The first-order chi connectivity index (χ1) is 17.2. The molecule has 2 saturated heterocycles. The largest absolute Gasteiger partial charge is 0.475 e. The number of pyridine rings is 1. The molecule has 36 heavy (non-hydrogen) atoms. The molecule has 2 aromatic rings. The smallest absolute Gasteiger partial charge is 0.392 e. The van der Waals surface area contributed by atoms with Gasteiger partial charge in [0.25, 0.3) is 0 Å². The number of aliphatic hydroxyl groups excluding tert-OH is 1. The van der Waals surface area contributed by atoms with Crippen LogP contribution in [0.4, 0.5) is 29.5 Å². The van der Waals surface area contributed by atoms with Gasteiger partial charge in [0.2, 0.25) is 5.88 Å². The fraction of sp³-hybridized carbons (Fsp3) is 0.520. The third kappa shape index (κ3) is 5.08. The SMILES string of the molecule is Cc1ccc(NC(=O)N2C[C@@H]3C(C(F)(F)F)[C@@H]3C2)cc1-c1cc(OCCO)nc(N2CCOCC2)c1. The Labute approximate surface area is 207 Å². The van der Waals surface area contributed by atoms with Crippen LogP contribution in [0.3, 0.4) is 0 Å². The van der Waals surface area contributed by atoms with Gasteiger partial charge in [-0.3, -0.25) is 0 Å². The van der Waals surface area contributed by atoms with E-state index in [2.05, 4.69) is 15.2 Å². The normalized spacial score (nSPS) is 23.4. The molecule has 1 aliphatic carbocycles. The molecule has 1 aromatic heterocycles. The second-order valence-corrected chi connectivity index (χ2v) is 9.48. The van der Waals surface area contributed by atoms with Gasteiger partial charge in [-0.1, -0.05) is 6.07 Å². The molecule has 3 atom stereocenters. The number of nitrogens with one attached hydrogen (secondary N) is 1. The number of likely N-dealkylation sites (tertiary alicyclic amines) is 1. The molecule has 0 spiro atoms. The molecule has 2 amide bonds. The van der Waals surface area contributed by atoms with Crippen molar-refractivity contribution in [2.45, 2.75) is 13.1 Å². The Hall–Kier alpha value is -3.05. The predicted octanol–water partition coefficient (Wildman–Crippen LogP) is 3.54. The van der Waals surface area contributed by atoms with Gasteiger partial charge in [0.15, 0.2) is 0 Å². The molecule has 2 N–H and O–H groups in total. The number of morpholine rings is 1. The van der Waals surface area contributed by atoms with E-state index in [0.29, 0.717) is 37.9 Å². The summed E-state index contributed by atoms with van der Waals surface area (Å²) in [5.74, 6) is -1.14. The Balaban J connectivity index is 1.34. The van der Waals surface area contributed by atoms with E-state index in [0.717, 1.165) is 22.5 Å². The zero-order valence-corrected chi connectivity index (χ0v) is 19.9. The van der Waals surface area contributed by atoms with Gasteiger partial charge in [-0.2, -0.15) is 18.2 Å². The van der Waals surface area contributed by atoms with Crippen molar-refractivity contribution in [1.82, 2.24) is 9.88 Å². The van der Waals surface area contributed by atoms with Gasteiger partial charge < -0.3 is 29.7 Å². The molecule has 3 aliphatic rings. The highest BCUT2D eigenvalue weighted by atomic mass is 19.4. The number of fused-ring (bicyclic) bond motifs is 1. The third-order valence-electron chi connectivity index (χ3n) is 7.12. The first-order valence-corrected chi connectivity index (χ1v) is 12.1. The fourth-order valence-electron chi connectivity index (χ4n) is 5.22. The summed E-state index contributed by atoms with van der Waals surface area (Å²) in [5, 5.41) is 12.0. The van der Waals surface area contributed by atoms with Crippen LogP contribution >= 0.6 is 0 Å². The number of halogens is 3. The van der Waals surface area contributed by atoms with Crippen LogP contribution in [0.1, 0.15) is 5.56 Å². The molecule has 3 fully saturated rings. The Kier molecular flexibility index (Phi) is 6.69. The van der Waals surface area contributed by atoms with E-state index in [1.165, 1.54) is 4.90 Å². The number of benzene rings is 1. The minimum atomic E-state index is -4.19. The van der Waals surface area contributed by atoms with E-state index in [1.807, 2.05) is 25.1 Å². The van der Waals surface area contributed by atoms with Gasteiger partial charge in [0, 0.05) is 37.9 Å². The first-order valence-electron chi connectivity index (χ1n) is 12.1. The number of nitrogens with zero attached hydrogens (tertiary/aromatic N) is 3. The van der Waals surface area contributed by atoms with Crippen LogP contribution in [0, 0.1) is 24.7 Å². The third-order valence-corrected chi connectivity index (χ3v) is 7.12. The van der Waals surface area contributed by atoms with Crippen LogP contribution in [-0.2, 0) is 4.74 Å². The van der Waals surface area contributed by atoms with Crippen molar-refractivity contribution >= 4 is 17.5 Å². The Morgan fingerprint density at radius 3 is 2.58 bits per heavy atom. The second-order valence-electron chi connectivity index (χ2n) is 9.48. The van der Waals surface area contributed by atoms with Crippen LogP contribution in [0.2, 0.25) is 0 Å². The van der Waals surface area contributed by atoms with Crippen LogP contribution in [0.25, 0.3) is 11.1 Å². The van der Waals surface area contributed by atoms with Gasteiger partial charge in [-0.05, 0) is 53.6 Å². The lowest BCUT2D eigenvalue weighted by atomic mass is 10.0. The minimum absolute atomic E-state index is 0.112. The summed E-state index contributed by atoms with van der Waals surface area (Å²) in [6.07, 6.45) is -4.19. The summed E-state index contributed by atoms with van der Waals surface area (Å²) in [7, 11) is 0. The highest BCUT2D eigenvalue weighted by Crippen LogP contribution is 2.59. The number of urea groups is 1. The molecule has 0 radical (unpaired) electrons. The van der Waals surface area contributed by atoms with Crippen molar-refractivity contribution < 1.29 is 32.5 Å². The molecule has 3 heterocycles. The second kappa shape index (κ2) is 9.78. The molecule has 1 aromatic carbocycles. The molecule has 0 bridgehead atoms. The summed E-state index contributed by atoms with van der Waals surface area (Å²) in [4.78, 5) is 20.9. The van der Waals surface area contributed by atoms with E-state index in [-0.39, 0.29) is 26.3 Å². The summed E-state index contributed by atoms with van der Waals surface area (Å²) >= 11 is 0. The molecule has 1 saturated carbocycles. The highest BCUT2D eigenvalue weighted by Gasteiger charge is 2.67. The van der Waals surface area contributed by atoms with Crippen molar-refractivity contribution in [3.05, 3.63) is 35.9 Å². The number of rotatable bonds is 6. The van der Waals surface area contributed by atoms with Gasteiger partial charge in [0.1, 0.15) is 12.4 Å². The maximum atomic E-state index is 13.0. The molecule has 5 rings (SSSR count). The molecule has 194 valence electrons. The van der Waals surface area contributed by atoms with Crippen molar-refractivity contribution in [2.75, 3.05) is 62.8 Å². The molecular weight excluding hydrogens is 477 g/mol. The number of piperidine rings is 1. The number of amides is 2. The van der Waals surface area contributed by atoms with Crippen LogP contribution < -0.4 is 15.0 Å². The highest BCUT2D eigenvalue weighted by molar-refractivity contribution is 5.91. The quantitative estimate of drug-likeness (QED) is 0.624. The van der Waals surface area contributed by atoms with Crippen LogP contribution in [0.15, 0.2) is 30.3 Å². The number of aromatic nitrogens is 1. The molecule has 11 heteroatoms. The number of aliphatic hydroxyl groups is 1. The number of anilines is 2. The number of hydrogen-bond donors (Lipinski definition) is 2. The van der Waals surface area contributed by atoms with Crippen LogP contribution in [0.5, 0.6) is 5.88 Å². The van der Waals surface area contributed by atoms with Crippen molar-refractivity contribution in [3.8, 4) is 17.0 Å². The maximum Gasteiger partial charge on any atom is 0.392 e. The average Bonchev–Trinajstić information content (AvgIpc) is 3.40. The number of ether oxygens (including phenoxy) is 2. The molecule has 1 unspecified atom stereocenters. The lowest BCUT2D eigenvalue weighted by Crippen LogP contribution is -2.36. The zero-order chi connectivity index (χ0) is 25.4. The van der Waals surface area contributed by atoms with E-state index < -0.39 is 30.0 Å². The number of carbonyl (C=O) groups is 1. The standard InChI is InChI=1S/C25H29F3N4O4/c1-15-2-3-17(29-24(34)32-13-19-20(14-32)23(19)25(26,27)28)12-18(15)16-10-21(31-4-7-35-8-5-31)30-22(11-16)36-9-6-33/h2-3,10-12,19-20,23,33H,4-9,13-14H2,1H3,(H,29,34)/t19-,20+,23?. The summed E-state index contributed by atoms with van der Waals surface area (Å²) in [6, 6.07) is 8.86. The van der Waals surface area contributed by atoms with Gasteiger partial charge in [-0.15, -0.1) is 0 Å². The zero-order valence-electron chi connectivity index (χ0n) is 19.9. The van der Waals surface area contributed by atoms with Gasteiger partial charge in [0.05, 0.1) is 25.7 Å². The lowest BCUT2D eigenvalue weighted by Gasteiger charge is -2.28. The Morgan fingerprint density at radius 1 is 1.19 bits per heavy atom.